The van der Waals surface area contributed by atoms with E-state index in [9.17, 15) is 0 Å². The lowest BCUT2D eigenvalue weighted by Gasteiger charge is -2.06. The molecule has 1 atom stereocenters. The first-order chi connectivity index (χ1) is 5.72. The Hall–Kier alpha value is -0.210. The molecule has 0 spiro atoms. The Labute approximate surface area is 82.5 Å². The Kier molecular flexibility index (Phi) is 3.89. The van der Waals surface area contributed by atoms with E-state index in [0.29, 0.717) is 5.25 Å². The quantitative estimate of drug-likeness (QED) is 0.693. The lowest BCUT2D eigenvalue weighted by atomic mass is 10.4. The second kappa shape index (κ2) is 4.73. The van der Waals surface area contributed by atoms with Crippen LogP contribution in [0.25, 0.3) is 0 Å². The third kappa shape index (κ3) is 3.03. The molecule has 3 heteroatoms. The molecule has 1 rings (SSSR count). The normalized spacial score (nSPS) is 12.9. The monoisotopic (exact) mass is 201 g/mol. The molecule has 0 saturated carbocycles. The maximum Gasteiger partial charge on any atom is 0.0977 e. The third-order valence-corrected chi connectivity index (χ3v) is 3.03. The predicted molar refractivity (Wildman–Crippen MR) is 54.9 cm³/mol. The standard InChI is InChI=1S/C9H12ClNS/c1-3-7(2)12-9-6-8(10)4-5-11-9/h4-7H,3H2,1-2H3/t7-/m1/s1. The van der Waals surface area contributed by atoms with E-state index >= 15 is 0 Å². The third-order valence-electron chi connectivity index (χ3n) is 1.59. The van der Waals surface area contributed by atoms with Crippen LogP contribution in [0.5, 0.6) is 0 Å². The number of rotatable bonds is 3. The molecular weight excluding hydrogens is 190 g/mol. The zero-order valence-electron chi connectivity index (χ0n) is 7.25. The van der Waals surface area contributed by atoms with Crippen LogP contribution in [0.2, 0.25) is 5.02 Å². The highest BCUT2D eigenvalue weighted by molar-refractivity contribution is 7.99. The number of nitrogens with zero attached hydrogens (tertiary/aromatic N) is 1. The molecule has 1 aromatic rings. The zero-order chi connectivity index (χ0) is 8.97. The largest absolute Gasteiger partial charge is 0.250 e. The highest BCUT2D eigenvalue weighted by Crippen LogP contribution is 2.24. The summed E-state index contributed by atoms with van der Waals surface area (Å²) in [6.45, 7) is 4.36. The smallest absolute Gasteiger partial charge is 0.0977 e. The molecule has 1 nitrogen and oxygen atoms in total. The van der Waals surface area contributed by atoms with Gasteiger partial charge in [-0.25, -0.2) is 4.98 Å². The molecule has 0 radical (unpaired) electrons. The first-order valence-electron chi connectivity index (χ1n) is 4.00. The molecule has 0 bridgehead atoms. The van der Waals surface area contributed by atoms with Crippen LogP contribution in [-0.4, -0.2) is 10.2 Å². The van der Waals surface area contributed by atoms with Gasteiger partial charge in [-0.1, -0.05) is 25.4 Å². The minimum atomic E-state index is 0.607. The van der Waals surface area contributed by atoms with E-state index in [4.69, 9.17) is 11.6 Å². The summed E-state index contributed by atoms with van der Waals surface area (Å²) in [5, 5.41) is 2.38. The van der Waals surface area contributed by atoms with Crippen molar-refractivity contribution >= 4 is 23.4 Å². The van der Waals surface area contributed by atoms with Gasteiger partial charge >= 0.3 is 0 Å². The Morgan fingerprint density at radius 3 is 3.00 bits per heavy atom. The SMILES string of the molecule is CC[C@@H](C)Sc1cc(Cl)ccn1. The van der Waals surface area contributed by atoms with Gasteiger partial charge in [-0.15, -0.1) is 11.8 Å². The topological polar surface area (TPSA) is 12.9 Å². The maximum absolute atomic E-state index is 5.82. The van der Waals surface area contributed by atoms with Crippen molar-refractivity contribution in [3.05, 3.63) is 23.4 Å². The van der Waals surface area contributed by atoms with Gasteiger partial charge in [0.05, 0.1) is 5.03 Å². The van der Waals surface area contributed by atoms with Crippen molar-refractivity contribution in [2.24, 2.45) is 0 Å². The van der Waals surface area contributed by atoms with Gasteiger partial charge in [-0.05, 0) is 18.6 Å². The minimum Gasteiger partial charge on any atom is -0.250 e. The van der Waals surface area contributed by atoms with Crippen molar-refractivity contribution in [1.29, 1.82) is 0 Å². The Balaban J connectivity index is 2.63. The minimum absolute atomic E-state index is 0.607. The molecule has 0 aliphatic carbocycles. The van der Waals surface area contributed by atoms with Crippen LogP contribution < -0.4 is 0 Å². The van der Waals surface area contributed by atoms with Crippen LogP contribution >= 0.6 is 23.4 Å². The van der Waals surface area contributed by atoms with E-state index < -0.39 is 0 Å². The summed E-state index contributed by atoms with van der Waals surface area (Å²) in [5.41, 5.74) is 0. The molecule has 0 fully saturated rings. The van der Waals surface area contributed by atoms with Crippen LogP contribution in [0.15, 0.2) is 23.4 Å². The van der Waals surface area contributed by atoms with Crippen LogP contribution in [0.4, 0.5) is 0 Å². The zero-order valence-corrected chi connectivity index (χ0v) is 8.82. The number of hydrogen-bond acceptors (Lipinski definition) is 2. The van der Waals surface area contributed by atoms with Gasteiger partial charge in [0.25, 0.3) is 0 Å². The summed E-state index contributed by atoms with van der Waals surface area (Å²) in [6, 6.07) is 3.70. The van der Waals surface area contributed by atoms with Gasteiger partial charge in [0, 0.05) is 16.5 Å². The van der Waals surface area contributed by atoms with Crippen LogP contribution in [0, 0.1) is 0 Å². The van der Waals surface area contributed by atoms with Gasteiger partial charge in [-0.3, -0.25) is 0 Å². The molecule has 1 heterocycles. The highest BCUT2D eigenvalue weighted by Gasteiger charge is 2.02. The number of halogens is 1. The molecule has 1 aromatic heterocycles. The summed E-state index contributed by atoms with van der Waals surface area (Å²) >= 11 is 7.58. The number of pyridine rings is 1. The van der Waals surface area contributed by atoms with Gasteiger partial charge in [0.1, 0.15) is 0 Å². The predicted octanol–water partition coefficient (Wildman–Crippen LogP) is 3.63. The lowest BCUT2D eigenvalue weighted by Crippen LogP contribution is -1.92. The van der Waals surface area contributed by atoms with E-state index in [-0.39, 0.29) is 0 Å². The Morgan fingerprint density at radius 1 is 1.67 bits per heavy atom. The van der Waals surface area contributed by atoms with E-state index in [1.807, 2.05) is 6.07 Å². The van der Waals surface area contributed by atoms with E-state index in [1.165, 1.54) is 0 Å². The summed E-state index contributed by atoms with van der Waals surface area (Å²) in [7, 11) is 0. The highest BCUT2D eigenvalue weighted by atomic mass is 35.5. The summed E-state index contributed by atoms with van der Waals surface area (Å²) in [4.78, 5) is 4.21. The van der Waals surface area contributed by atoms with Gasteiger partial charge < -0.3 is 0 Å². The average Bonchev–Trinajstić information content (AvgIpc) is 2.04. The first kappa shape index (κ1) is 9.87. The van der Waals surface area contributed by atoms with Crippen LogP contribution in [0.3, 0.4) is 0 Å². The summed E-state index contributed by atoms with van der Waals surface area (Å²) < 4.78 is 0. The Morgan fingerprint density at radius 2 is 2.42 bits per heavy atom. The molecule has 0 aliphatic heterocycles. The second-order valence-corrected chi connectivity index (χ2v) is 4.54. The fourth-order valence-corrected chi connectivity index (χ4v) is 1.86. The second-order valence-electron chi connectivity index (χ2n) is 2.65. The molecule has 0 aromatic carbocycles. The van der Waals surface area contributed by atoms with Crippen molar-refractivity contribution in [2.75, 3.05) is 0 Å². The molecule has 0 saturated heterocycles. The molecule has 0 unspecified atom stereocenters. The molecular formula is C9H12ClNS. The number of aromatic nitrogens is 1. The van der Waals surface area contributed by atoms with E-state index in [2.05, 4.69) is 18.8 Å². The summed E-state index contributed by atoms with van der Waals surface area (Å²) in [6.07, 6.45) is 2.89. The molecule has 66 valence electrons. The molecule has 0 amide bonds. The fraction of sp³-hybridized carbons (Fsp3) is 0.444. The first-order valence-corrected chi connectivity index (χ1v) is 5.26. The molecule has 0 aliphatic rings. The van der Waals surface area contributed by atoms with Crippen molar-refractivity contribution < 1.29 is 0 Å². The van der Waals surface area contributed by atoms with Crippen LogP contribution in [-0.2, 0) is 0 Å². The Bertz CT molecular complexity index is 252. The lowest BCUT2D eigenvalue weighted by molar-refractivity contribution is 0.901. The van der Waals surface area contributed by atoms with Gasteiger partial charge in [0.2, 0.25) is 0 Å². The van der Waals surface area contributed by atoms with Crippen molar-refractivity contribution in [2.45, 2.75) is 30.5 Å². The molecule has 12 heavy (non-hydrogen) atoms. The maximum atomic E-state index is 5.82. The summed E-state index contributed by atoms with van der Waals surface area (Å²) in [5.74, 6) is 0. The number of thioether (sulfide) groups is 1. The molecule has 0 N–H and O–H groups in total. The van der Waals surface area contributed by atoms with Crippen molar-refractivity contribution in [1.82, 2.24) is 4.98 Å². The number of hydrogen-bond donors (Lipinski definition) is 0. The van der Waals surface area contributed by atoms with Crippen LogP contribution in [0.1, 0.15) is 20.3 Å². The van der Waals surface area contributed by atoms with Gasteiger partial charge in [0.15, 0.2) is 0 Å². The van der Waals surface area contributed by atoms with E-state index in [1.54, 1.807) is 24.0 Å². The average molecular weight is 202 g/mol. The van der Waals surface area contributed by atoms with E-state index in [0.717, 1.165) is 16.5 Å². The van der Waals surface area contributed by atoms with Crippen molar-refractivity contribution in [3.63, 3.8) is 0 Å². The fourth-order valence-electron chi connectivity index (χ4n) is 0.739. The van der Waals surface area contributed by atoms with Crippen molar-refractivity contribution in [3.8, 4) is 0 Å². The van der Waals surface area contributed by atoms with Gasteiger partial charge in [-0.2, -0.15) is 0 Å².